The minimum Gasteiger partial charge on any atom is -0.504 e. The first-order valence-electron chi connectivity index (χ1n) is 8.70. The fourth-order valence-corrected chi connectivity index (χ4v) is 3.78. The minimum atomic E-state index is -0.551. The van der Waals surface area contributed by atoms with E-state index in [0.717, 1.165) is 25.7 Å². The maximum absolute atomic E-state index is 13.1. The number of rotatable bonds is 4. The zero-order valence-corrected chi connectivity index (χ0v) is 15.2. The fraction of sp³-hybridized carbons (Fsp3) is 0.400. The summed E-state index contributed by atoms with van der Waals surface area (Å²) in [5.41, 5.74) is 1.52. The number of esters is 1. The average molecular weight is 357 g/mol. The molecule has 1 aliphatic heterocycles. The molecule has 1 fully saturated rings. The van der Waals surface area contributed by atoms with E-state index in [1.807, 2.05) is 0 Å². The number of amides is 1. The van der Waals surface area contributed by atoms with Gasteiger partial charge in [0.2, 0.25) is 0 Å². The highest BCUT2D eigenvalue weighted by Gasteiger charge is 2.41. The summed E-state index contributed by atoms with van der Waals surface area (Å²) in [7, 11) is 2.75. The van der Waals surface area contributed by atoms with Crippen LogP contribution >= 0.6 is 0 Å². The summed E-state index contributed by atoms with van der Waals surface area (Å²) in [6.45, 7) is 1.77. The van der Waals surface area contributed by atoms with Crippen LogP contribution < -0.4 is 4.74 Å². The molecule has 1 N–H and O–H groups in total. The molecule has 0 atom stereocenters. The molecule has 1 saturated carbocycles. The number of ether oxygens (including phenoxy) is 2. The molecule has 2 aliphatic rings. The van der Waals surface area contributed by atoms with Crippen LogP contribution in [0.15, 0.2) is 35.0 Å². The van der Waals surface area contributed by atoms with Crippen molar-refractivity contribution in [2.75, 3.05) is 14.2 Å². The Kier molecular flexibility index (Phi) is 5.02. The maximum atomic E-state index is 13.1. The normalized spacial score (nSPS) is 19.6. The van der Waals surface area contributed by atoms with Crippen LogP contribution in [0.25, 0.3) is 6.08 Å². The molecule has 0 bridgehead atoms. The van der Waals surface area contributed by atoms with Crippen molar-refractivity contribution in [3.05, 3.63) is 40.6 Å². The van der Waals surface area contributed by atoms with Crippen molar-refractivity contribution < 1.29 is 24.2 Å². The summed E-state index contributed by atoms with van der Waals surface area (Å²) in [5, 5.41) is 10.3. The Hall–Kier alpha value is -2.76. The molecule has 1 aliphatic carbocycles. The van der Waals surface area contributed by atoms with Gasteiger partial charge >= 0.3 is 5.97 Å². The van der Waals surface area contributed by atoms with Gasteiger partial charge in [0, 0.05) is 17.3 Å². The molecule has 0 aromatic heterocycles. The second-order valence-corrected chi connectivity index (χ2v) is 6.52. The lowest BCUT2D eigenvalue weighted by Gasteiger charge is -2.25. The third-order valence-electron chi connectivity index (χ3n) is 5.07. The van der Waals surface area contributed by atoms with E-state index in [1.54, 1.807) is 30.0 Å². The molecular weight excluding hydrogens is 334 g/mol. The predicted octanol–water partition coefficient (Wildman–Crippen LogP) is 3.02. The number of methoxy groups -OCH3 is 2. The van der Waals surface area contributed by atoms with Gasteiger partial charge in [-0.05, 0) is 31.9 Å². The van der Waals surface area contributed by atoms with Crippen LogP contribution in [0.4, 0.5) is 0 Å². The van der Waals surface area contributed by atoms with Crippen molar-refractivity contribution in [2.24, 2.45) is 0 Å². The third-order valence-corrected chi connectivity index (χ3v) is 5.07. The van der Waals surface area contributed by atoms with Gasteiger partial charge in [-0.25, -0.2) is 4.79 Å². The van der Waals surface area contributed by atoms with Gasteiger partial charge in [-0.3, -0.25) is 4.79 Å². The highest BCUT2D eigenvalue weighted by Crippen LogP contribution is 2.39. The summed E-state index contributed by atoms with van der Waals surface area (Å²) >= 11 is 0. The van der Waals surface area contributed by atoms with Crippen molar-refractivity contribution in [2.45, 2.75) is 38.6 Å². The van der Waals surface area contributed by atoms with Gasteiger partial charge in [-0.2, -0.15) is 0 Å². The molecule has 1 heterocycles. The molecule has 1 aromatic carbocycles. The number of hydrogen-bond acceptors (Lipinski definition) is 5. The van der Waals surface area contributed by atoms with Gasteiger partial charge in [0.1, 0.15) is 0 Å². The topological polar surface area (TPSA) is 76.1 Å². The van der Waals surface area contributed by atoms with E-state index in [0.29, 0.717) is 17.0 Å². The van der Waals surface area contributed by atoms with Crippen molar-refractivity contribution in [3.63, 3.8) is 0 Å². The van der Waals surface area contributed by atoms with Gasteiger partial charge in [-0.1, -0.05) is 25.0 Å². The second kappa shape index (κ2) is 7.23. The smallest absolute Gasteiger partial charge is 0.340 e. The number of allylic oxidation sites excluding steroid dienone is 1. The summed E-state index contributed by atoms with van der Waals surface area (Å²) in [5.74, 6) is -0.545. The molecule has 6 nitrogen and oxygen atoms in total. The van der Waals surface area contributed by atoms with Crippen LogP contribution in [0, 0.1) is 0 Å². The lowest BCUT2D eigenvalue weighted by molar-refractivity contribution is -0.136. The Labute approximate surface area is 152 Å². The fourth-order valence-electron chi connectivity index (χ4n) is 3.78. The van der Waals surface area contributed by atoms with E-state index in [-0.39, 0.29) is 28.8 Å². The SMILES string of the molecule is COC(=O)C1=C(C)N(C2CCCC2)C(=O)/C1=C\c1cccc(OC)c1O. The molecule has 0 unspecified atom stereocenters. The average Bonchev–Trinajstić information content (AvgIpc) is 3.23. The Morgan fingerprint density at radius 2 is 1.96 bits per heavy atom. The van der Waals surface area contributed by atoms with Crippen LogP contribution in [-0.2, 0) is 14.3 Å². The van der Waals surface area contributed by atoms with Crippen molar-refractivity contribution in [1.82, 2.24) is 4.90 Å². The molecule has 1 aromatic rings. The highest BCUT2D eigenvalue weighted by atomic mass is 16.5. The monoisotopic (exact) mass is 357 g/mol. The molecule has 3 rings (SSSR count). The lowest BCUT2D eigenvalue weighted by atomic mass is 10.0. The zero-order chi connectivity index (χ0) is 18.8. The van der Waals surface area contributed by atoms with E-state index in [1.165, 1.54) is 20.3 Å². The summed E-state index contributed by atoms with van der Waals surface area (Å²) in [6.07, 6.45) is 5.53. The van der Waals surface area contributed by atoms with Gasteiger partial charge in [-0.15, -0.1) is 0 Å². The van der Waals surface area contributed by atoms with Crippen molar-refractivity contribution in [3.8, 4) is 11.5 Å². The Morgan fingerprint density at radius 3 is 2.58 bits per heavy atom. The standard InChI is InChI=1S/C20H23NO5/c1-12-17(20(24)26-3)15(19(23)21(12)14-8-4-5-9-14)11-13-7-6-10-16(25-2)18(13)22/h6-7,10-11,14,22H,4-5,8-9H2,1-3H3/b15-11-. The quantitative estimate of drug-likeness (QED) is 0.662. The van der Waals surface area contributed by atoms with Gasteiger partial charge in [0.05, 0.1) is 25.4 Å². The molecule has 6 heteroatoms. The highest BCUT2D eigenvalue weighted by molar-refractivity contribution is 6.16. The Morgan fingerprint density at radius 1 is 1.27 bits per heavy atom. The summed E-state index contributed by atoms with van der Waals surface area (Å²) in [6, 6.07) is 5.11. The van der Waals surface area contributed by atoms with Crippen molar-refractivity contribution >= 4 is 18.0 Å². The number of carbonyl (C=O) groups is 2. The first-order valence-corrected chi connectivity index (χ1v) is 8.70. The first kappa shape index (κ1) is 18.0. The number of carbonyl (C=O) groups excluding carboxylic acids is 2. The van der Waals surface area contributed by atoms with Crippen molar-refractivity contribution in [1.29, 1.82) is 0 Å². The Balaban J connectivity index is 2.10. The number of phenols is 1. The van der Waals surface area contributed by atoms with Crippen LogP contribution in [0.2, 0.25) is 0 Å². The van der Waals surface area contributed by atoms with Gasteiger partial charge < -0.3 is 19.5 Å². The van der Waals surface area contributed by atoms with E-state index in [2.05, 4.69) is 0 Å². The largest absolute Gasteiger partial charge is 0.504 e. The maximum Gasteiger partial charge on any atom is 0.340 e. The zero-order valence-electron chi connectivity index (χ0n) is 15.2. The first-order chi connectivity index (χ1) is 12.5. The van der Waals surface area contributed by atoms with E-state index in [4.69, 9.17) is 9.47 Å². The minimum absolute atomic E-state index is 0.0727. The lowest BCUT2D eigenvalue weighted by Crippen LogP contribution is -2.34. The molecule has 1 amide bonds. The molecule has 0 saturated heterocycles. The predicted molar refractivity (Wildman–Crippen MR) is 96.5 cm³/mol. The Bertz CT molecular complexity index is 802. The number of para-hydroxylation sites is 1. The number of aromatic hydroxyl groups is 1. The molecule has 138 valence electrons. The molecular formula is C20H23NO5. The summed E-state index contributed by atoms with van der Waals surface area (Å²) < 4.78 is 10.0. The number of phenolic OH excluding ortho intramolecular Hbond substituents is 1. The van der Waals surface area contributed by atoms with E-state index in [9.17, 15) is 14.7 Å². The number of nitrogens with zero attached hydrogens (tertiary/aromatic N) is 1. The van der Waals surface area contributed by atoms with E-state index < -0.39 is 5.97 Å². The van der Waals surface area contributed by atoms with Crippen LogP contribution in [0.1, 0.15) is 38.2 Å². The summed E-state index contributed by atoms with van der Waals surface area (Å²) in [4.78, 5) is 27.2. The van der Waals surface area contributed by atoms with Crippen LogP contribution in [0.5, 0.6) is 11.5 Å². The number of hydrogen-bond donors (Lipinski definition) is 1. The molecule has 0 radical (unpaired) electrons. The van der Waals surface area contributed by atoms with Gasteiger partial charge in [0.15, 0.2) is 11.5 Å². The van der Waals surface area contributed by atoms with Crippen LogP contribution in [-0.4, -0.2) is 42.1 Å². The van der Waals surface area contributed by atoms with E-state index >= 15 is 0 Å². The molecule has 0 spiro atoms. The van der Waals surface area contributed by atoms with Gasteiger partial charge in [0.25, 0.3) is 5.91 Å². The third kappa shape index (κ3) is 2.96. The second-order valence-electron chi connectivity index (χ2n) is 6.52. The molecule has 26 heavy (non-hydrogen) atoms. The number of benzene rings is 1. The van der Waals surface area contributed by atoms with Crippen LogP contribution in [0.3, 0.4) is 0 Å².